The molecule has 1 aliphatic carbocycles. The van der Waals surface area contributed by atoms with Gasteiger partial charge in [-0.05, 0) is 60.9 Å². The van der Waals surface area contributed by atoms with Gasteiger partial charge in [0.05, 0.1) is 5.56 Å². The van der Waals surface area contributed by atoms with Crippen molar-refractivity contribution in [2.75, 3.05) is 5.32 Å². The molecule has 1 heterocycles. The van der Waals surface area contributed by atoms with Crippen LogP contribution in [-0.4, -0.2) is 17.7 Å². The van der Waals surface area contributed by atoms with Crippen LogP contribution in [0, 0.1) is 0 Å². The number of amides is 3. The molecular weight excluding hydrogens is 434 g/mol. The summed E-state index contributed by atoms with van der Waals surface area (Å²) < 4.78 is 0. The maximum Gasteiger partial charge on any atom is 0.272 e. The highest BCUT2D eigenvalue weighted by Crippen LogP contribution is 2.37. The van der Waals surface area contributed by atoms with Gasteiger partial charge in [-0.25, -0.2) is 0 Å². The molecule has 1 aliphatic rings. The topological polar surface area (TPSA) is 87.3 Å². The quantitative estimate of drug-likeness (QED) is 0.382. The first kappa shape index (κ1) is 22.7. The number of thiophene rings is 1. The molecule has 33 heavy (non-hydrogen) atoms. The first-order chi connectivity index (χ1) is 16.0. The predicted octanol–water partition coefficient (Wildman–Crippen LogP) is 4.64. The number of carbonyl (C=O) groups is 3. The lowest BCUT2D eigenvalue weighted by Gasteiger charge is -2.10. The largest absolute Gasteiger partial charge is 0.313 e. The molecule has 0 saturated heterocycles. The lowest BCUT2D eigenvalue weighted by molar-refractivity contribution is -0.119. The van der Waals surface area contributed by atoms with E-state index >= 15 is 0 Å². The summed E-state index contributed by atoms with van der Waals surface area (Å²) in [5.41, 5.74) is 9.11. The number of carbonyl (C=O) groups excluding carboxylic acids is 3. The van der Waals surface area contributed by atoms with Crippen molar-refractivity contribution in [2.45, 2.75) is 45.4 Å². The monoisotopic (exact) mass is 461 g/mol. The minimum absolute atomic E-state index is 0.258. The molecule has 0 unspecified atom stereocenters. The molecule has 6 nitrogen and oxygen atoms in total. The van der Waals surface area contributed by atoms with Crippen molar-refractivity contribution in [1.82, 2.24) is 10.9 Å². The summed E-state index contributed by atoms with van der Waals surface area (Å²) in [6.07, 6.45) is 5.67. The fraction of sp³-hybridized carbons (Fsp3) is 0.269. The maximum atomic E-state index is 13.0. The number of hydrazine groups is 1. The first-order valence-corrected chi connectivity index (χ1v) is 12.0. The van der Waals surface area contributed by atoms with Crippen LogP contribution in [0.5, 0.6) is 0 Å². The minimum Gasteiger partial charge on any atom is -0.313 e. The number of aryl methyl sites for hydroxylation is 1. The third-order valence-electron chi connectivity index (χ3n) is 5.69. The minimum atomic E-state index is -0.405. The molecule has 4 rings (SSSR count). The third kappa shape index (κ3) is 5.68. The van der Waals surface area contributed by atoms with Crippen LogP contribution in [0.4, 0.5) is 5.00 Å². The van der Waals surface area contributed by atoms with Crippen LogP contribution in [0.3, 0.4) is 0 Å². The van der Waals surface area contributed by atoms with Crippen molar-refractivity contribution in [3.63, 3.8) is 0 Å². The lowest BCUT2D eigenvalue weighted by Crippen LogP contribution is -2.40. The summed E-state index contributed by atoms with van der Waals surface area (Å²) in [5, 5.41) is 3.48. The van der Waals surface area contributed by atoms with Crippen molar-refractivity contribution in [3.05, 3.63) is 87.3 Å². The number of nitrogens with one attached hydrogen (secondary N) is 3. The van der Waals surface area contributed by atoms with Gasteiger partial charge in [0, 0.05) is 17.4 Å². The van der Waals surface area contributed by atoms with Crippen LogP contribution in [0.1, 0.15) is 68.5 Å². The smallest absolute Gasteiger partial charge is 0.272 e. The number of anilines is 1. The van der Waals surface area contributed by atoms with Gasteiger partial charge in [0.1, 0.15) is 5.00 Å². The number of benzene rings is 2. The Morgan fingerprint density at radius 2 is 1.52 bits per heavy atom. The molecule has 0 aliphatic heterocycles. The molecule has 0 saturated carbocycles. The van der Waals surface area contributed by atoms with Crippen molar-refractivity contribution in [3.8, 4) is 0 Å². The molecule has 3 aromatic rings. The van der Waals surface area contributed by atoms with E-state index in [9.17, 15) is 14.4 Å². The van der Waals surface area contributed by atoms with Crippen LogP contribution in [-0.2, 0) is 24.1 Å². The average Bonchev–Trinajstić information content (AvgIpc) is 2.98. The highest BCUT2D eigenvalue weighted by molar-refractivity contribution is 7.17. The molecule has 2 aromatic carbocycles. The van der Waals surface area contributed by atoms with Gasteiger partial charge in [-0.2, -0.15) is 0 Å². The first-order valence-electron chi connectivity index (χ1n) is 11.2. The second kappa shape index (κ2) is 10.4. The van der Waals surface area contributed by atoms with E-state index in [1.807, 2.05) is 42.5 Å². The average molecular weight is 462 g/mol. The summed E-state index contributed by atoms with van der Waals surface area (Å²) in [4.78, 5) is 38.3. The van der Waals surface area contributed by atoms with Gasteiger partial charge in [-0.1, -0.05) is 48.9 Å². The van der Waals surface area contributed by atoms with Crippen LogP contribution in [0.15, 0.2) is 54.6 Å². The van der Waals surface area contributed by atoms with Crippen molar-refractivity contribution < 1.29 is 14.4 Å². The molecule has 3 N–H and O–H groups in total. The fourth-order valence-corrected chi connectivity index (χ4v) is 5.34. The Balaban J connectivity index is 1.53. The van der Waals surface area contributed by atoms with Crippen molar-refractivity contribution in [2.24, 2.45) is 0 Å². The predicted molar refractivity (Wildman–Crippen MR) is 131 cm³/mol. The Hall–Kier alpha value is -3.45. The summed E-state index contributed by atoms with van der Waals surface area (Å²) >= 11 is 1.46. The maximum absolute atomic E-state index is 13.0. The van der Waals surface area contributed by atoms with E-state index in [-0.39, 0.29) is 11.8 Å². The highest BCUT2D eigenvalue weighted by atomic mass is 32.1. The molecule has 1 aromatic heterocycles. The van der Waals surface area contributed by atoms with Crippen LogP contribution >= 0.6 is 11.3 Å². The SMILES string of the molecule is CC(=O)NNC(=O)c1c(NC(=O)c2ccc(Cc3ccccc3)cc2)sc2c1CCCCC2. The Morgan fingerprint density at radius 3 is 2.24 bits per heavy atom. The summed E-state index contributed by atoms with van der Waals surface area (Å²) in [6.45, 7) is 1.33. The molecule has 0 fully saturated rings. The van der Waals surface area contributed by atoms with E-state index in [1.54, 1.807) is 0 Å². The number of hydrogen-bond donors (Lipinski definition) is 3. The standard InChI is InChI=1S/C26H27N3O3S/c1-17(30)28-29-25(32)23-21-10-6-3-7-11-22(21)33-26(23)27-24(31)20-14-12-19(13-15-20)16-18-8-4-2-5-9-18/h2,4-5,8-9,12-15H,3,6-7,10-11,16H2,1H3,(H,27,31)(H,28,30)(H,29,32). The number of rotatable bonds is 5. The Morgan fingerprint density at radius 1 is 0.818 bits per heavy atom. The van der Waals surface area contributed by atoms with Gasteiger partial charge < -0.3 is 5.32 Å². The van der Waals surface area contributed by atoms with Gasteiger partial charge in [0.15, 0.2) is 0 Å². The van der Waals surface area contributed by atoms with Gasteiger partial charge in [0.2, 0.25) is 5.91 Å². The molecule has 7 heteroatoms. The molecular formula is C26H27N3O3S. The lowest BCUT2D eigenvalue weighted by atomic mass is 10.0. The molecule has 170 valence electrons. The van der Waals surface area contributed by atoms with Gasteiger partial charge in [0.25, 0.3) is 11.8 Å². The van der Waals surface area contributed by atoms with E-state index in [0.29, 0.717) is 16.1 Å². The molecule has 0 radical (unpaired) electrons. The van der Waals surface area contributed by atoms with Crippen molar-refractivity contribution in [1.29, 1.82) is 0 Å². The van der Waals surface area contributed by atoms with Gasteiger partial charge in [-0.3, -0.25) is 25.2 Å². The van der Waals surface area contributed by atoms with E-state index in [0.717, 1.165) is 54.5 Å². The van der Waals surface area contributed by atoms with Crippen molar-refractivity contribution >= 4 is 34.1 Å². The highest BCUT2D eigenvalue weighted by Gasteiger charge is 2.26. The second-order valence-corrected chi connectivity index (χ2v) is 9.32. The third-order valence-corrected chi connectivity index (χ3v) is 6.90. The van der Waals surface area contributed by atoms with Crippen LogP contribution in [0.2, 0.25) is 0 Å². The van der Waals surface area contributed by atoms with Crippen LogP contribution in [0.25, 0.3) is 0 Å². The second-order valence-electron chi connectivity index (χ2n) is 8.22. The summed E-state index contributed by atoms with van der Waals surface area (Å²) in [7, 11) is 0. The number of fused-ring (bicyclic) bond motifs is 1. The Kier molecular flexibility index (Phi) is 7.19. The van der Waals surface area contributed by atoms with Gasteiger partial charge in [-0.15, -0.1) is 11.3 Å². The zero-order chi connectivity index (χ0) is 23.2. The van der Waals surface area contributed by atoms with E-state index < -0.39 is 5.91 Å². The van der Waals surface area contributed by atoms with E-state index in [4.69, 9.17) is 0 Å². The molecule has 0 spiro atoms. The van der Waals surface area contributed by atoms with E-state index in [1.165, 1.54) is 23.8 Å². The normalized spacial score (nSPS) is 12.9. The fourth-order valence-electron chi connectivity index (χ4n) is 4.06. The van der Waals surface area contributed by atoms with E-state index in [2.05, 4.69) is 28.3 Å². The zero-order valence-corrected chi connectivity index (χ0v) is 19.4. The Labute approximate surface area is 197 Å². The molecule has 3 amide bonds. The van der Waals surface area contributed by atoms with Gasteiger partial charge >= 0.3 is 0 Å². The number of hydrogen-bond acceptors (Lipinski definition) is 4. The van der Waals surface area contributed by atoms with Crippen LogP contribution < -0.4 is 16.2 Å². The summed E-state index contributed by atoms with van der Waals surface area (Å²) in [6, 6.07) is 17.7. The molecule has 0 bridgehead atoms. The zero-order valence-electron chi connectivity index (χ0n) is 18.6. The Bertz CT molecular complexity index is 1150. The summed E-state index contributed by atoms with van der Waals surface area (Å²) in [5.74, 6) is -1.02. The molecule has 0 atom stereocenters.